The van der Waals surface area contributed by atoms with E-state index in [2.05, 4.69) is 43.5 Å². The van der Waals surface area contributed by atoms with Gasteiger partial charge in [-0.2, -0.15) is 4.98 Å². The summed E-state index contributed by atoms with van der Waals surface area (Å²) in [4.78, 5) is 4.50. The lowest BCUT2D eigenvalue weighted by molar-refractivity contribution is 0.185. The number of hydrogen-bond donors (Lipinski definition) is 1. The molecule has 1 aromatic heterocycles. The van der Waals surface area contributed by atoms with Gasteiger partial charge >= 0.3 is 0 Å². The van der Waals surface area contributed by atoms with Crippen LogP contribution in [-0.4, -0.2) is 36.4 Å². The van der Waals surface area contributed by atoms with Crippen LogP contribution in [0.1, 0.15) is 23.2 Å². The van der Waals surface area contributed by atoms with E-state index in [9.17, 15) is 0 Å². The van der Waals surface area contributed by atoms with Gasteiger partial charge in [-0.15, -0.1) is 0 Å². The van der Waals surface area contributed by atoms with Crippen molar-refractivity contribution in [3.63, 3.8) is 0 Å². The van der Waals surface area contributed by atoms with Gasteiger partial charge in [0.05, 0.1) is 19.1 Å². The van der Waals surface area contributed by atoms with Gasteiger partial charge in [0, 0.05) is 16.9 Å². The summed E-state index contributed by atoms with van der Waals surface area (Å²) in [5.74, 6) is 1.52. The molecular formula is C14H16BrN3O2. The minimum atomic E-state index is 0.145. The van der Waals surface area contributed by atoms with Gasteiger partial charge in [-0.05, 0) is 24.7 Å². The highest BCUT2D eigenvalue weighted by molar-refractivity contribution is 9.10. The van der Waals surface area contributed by atoms with Crippen molar-refractivity contribution in [2.24, 2.45) is 0 Å². The third-order valence-electron chi connectivity index (χ3n) is 3.53. The molecular weight excluding hydrogens is 322 g/mol. The summed E-state index contributed by atoms with van der Waals surface area (Å²) in [6.07, 6.45) is 0.675. The molecule has 2 aromatic rings. The van der Waals surface area contributed by atoms with Crippen molar-refractivity contribution in [2.45, 2.75) is 18.4 Å². The topological polar surface area (TPSA) is 60.2 Å². The van der Waals surface area contributed by atoms with Gasteiger partial charge in [-0.25, -0.2) is 0 Å². The zero-order valence-electron chi connectivity index (χ0n) is 11.2. The number of nitrogens with zero attached hydrogens (tertiary/aromatic N) is 2. The zero-order valence-corrected chi connectivity index (χ0v) is 12.8. The first-order valence-corrected chi connectivity index (χ1v) is 7.37. The normalized spacial score (nSPS) is 22.3. The Labute approximate surface area is 125 Å². The number of ether oxygens (including phenoxy) is 1. The van der Waals surface area contributed by atoms with E-state index in [0.29, 0.717) is 31.3 Å². The SMILES string of the molecule is CNC1COCC1c1nc(Cc2ccc(Br)cc2)no1. The molecule has 1 aliphatic heterocycles. The summed E-state index contributed by atoms with van der Waals surface area (Å²) >= 11 is 3.42. The predicted octanol–water partition coefficient (Wildman–Crippen LogP) is 2.12. The standard InChI is InChI=1S/C14H16BrN3O2/c1-16-12-8-19-7-11(12)14-17-13(18-20-14)6-9-2-4-10(15)5-3-9/h2-5,11-12,16H,6-8H2,1H3. The van der Waals surface area contributed by atoms with Crippen LogP contribution in [0, 0.1) is 0 Å². The van der Waals surface area contributed by atoms with Crippen molar-refractivity contribution in [1.82, 2.24) is 15.5 Å². The van der Waals surface area contributed by atoms with Crippen molar-refractivity contribution in [2.75, 3.05) is 20.3 Å². The average Bonchev–Trinajstić information content (AvgIpc) is 3.09. The Hall–Kier alpha value is -1.24. The van der Waals surface area contributed by atoms with Crippen LogP contribution in [0.25, 0.3) is 0 Å². The Morgan fingerprint density at radius 2 is 2.10 bits per heavy atom. The van der Waals surface area contributed by atoms with Gasteiger partial charge in [-0.3, -0.25) is 0 Å². The molecule has 0 saturated carbocycles. The number of aromatic nitrogens is 2. The Bertz CT molecular complexity index is 570. The van der Waals surface area contributed by atoms with Crippen molar-refractivity contribution in [3.05, 3.63) is 46.0 Å². The van der Waals surface area contributed by atoms with E-state index < -0.39 is 0 Å². The van der Waals surface area contributed by atoms with Crippen molar-refractivity contribution < 1.29 is 9.26 Å². The quantitative estimate of drug-likeness (QED) is 0.925. The van der Waals surface area contributed by atoms with Crippen LogP contribution in [-0.2, 0) is 11.2 Å². The van der Waals surface area contributed by atoms with E-state index in [1.807, 2.05) is 19.2 Å². The largest absolute Gasteiger partial charge is 0.379 e. The summed E-state index contributed by atoms with van der Waals surface area (Å²) in [6.45, 7) is 1.32. The molecule has 0 spiro atoms. The van der Waals surface area contributed by atoms with Crippen molar-refractivity contribution in [3.8, 4) is 0 Å². The molecule has 0 aliphatic carbocycles. The summed E-state index contributed by atoms with van der Waals surface area (Å²) in [5.41, 5.74) is 1.16. The van der Waals surface area contributed by atoms with Gasteiger partial charge in [0.25, 0.3) is 0 Å². The van der Waals surface area contributed by atoms with Gasteiger partial charge in [0.1, 0.15) is 0 Å². The number of benzene rings is 1. The minimum Gasteiger partial charge on any atom is -0.379 e. The molecule has 1 fully saturated rings. The molecule has 0 bridgehead atoms. The van der Waals surface area contributed by atoms with E-state index in [1.165, 1.54) is 0 Å². The smallest absolute Gasteiger partial charge is 0.233 e. The van der Waals surface area contributed by atoms with Crippen LogP contribution >= 0.6 is 15.9 Å². The molecule has 1 N–H and O–H groups in total. The number of likely N-dealkylation sites (N-methyl/N-ethyl adjacent to an activating group) is 1. The second kappa shape index (κ2) is 6.03. The van der Waals surface area contributed by atoms with Crippen LogP contribution in [0.15, 0.2) is 33.3 Å². The molecule has 1 aliphatic rings. The van der Waals surface area contributed by atoms with E-state index in [4.69, 9.17) is 9.26 Å². The molecule has 1 saturated heterocycles. The van der Waals surface area contributed by atoms with Crippen LogP contribution in [0.5, 0.6) is 0 Å². The fourth-order valence-corrected chi connectivity index (χ4v) is 2.62. The maximum Gasteiger partial charge on any atom is 0.233 e. The molecule has 2 unspecified atom stereocenters. The zero-order chi connectivity index (χ0) is 13.9. The molecule has 2 heterocycles. The minimum absolute atomic E-state index is 0.145. The third kappa shape index (κ3) is 2.92. The Morgan fingerprint density at radius 3 is 2.85 bits per heavy atom. The van der Waals surface area contributed by atoms with E-state index in [-0.39, 0.29) is 12.0 Å². The highest BCUT2D eigenvalue weighted by atomic mass is 79.9. The summed E-state index contributed by atoms with van der Waals surface area (Å²) in [5, 5.41) is 7.29. The number of rotatable bonds is 4. The molecule has 0 radical (unpaired) electrons. The molecule has 0 amide bonds. The molecule has 106 valence electrons. The monoisotopic (exact) mass is 337 g/mol. The predicted molar refractivity (Wildman–Crippen MR) is 77.7 cm³/mol. The van der Waals surface area contributed by atoms with Crippen LogP contribution in [0.3, 0.4) is 0 Å². The molecule has 1 aromatic carbocycles. The number of nitrogens with one attached hydrogen (secondary N) is 1. The summed E-state index contributed by atoms with van der Waals surface area (Å²) < 4.78 is 11.9. The first-order valence-electron chi connectivity index (χ1n) is 6.58. The van der Waals surface area contributed by atoms with Gasteiger partial charge < -0.3 is 14.6 Å². The van der Waals surface area contributed by atoms with Crippen LogP contribution < -0.4 is 5.32 Å². The maximum absolute atomic E-state index is 5.46. The Kier molecular flexibility index (Phi) is 4.14. The maximum atomic E-state index is 5.46. The van der Waals surface area contributed by atoms with Gasteiger partial charge in [0.2, 0.25) is 5.89 Å². The Balaban J connectivity index is 1.72. The number of hydrogen-bond acceptors (Lipinski definition) is 5. The average molecular weight is 338 g/mol. The third-order valence-corrected chi connectivity index (χ3v) is 4.06. The number of halogens is 1. The highest BCUT2D eigenvalue weighted by Crippen LogP contribution is 2.24. The van der Waals surface area contributed by atoms with E-state index >= 15 is 0 Å². The first kappa shape index (κ1) is 13.7. The molecule has 20 heavy (non-hydrogen) atoms. The van der Waals surface area contributed by atoms with Gasteiger partial charge in [0.15, 0.2) is 5.82 Å². The summed E-state index contributed by atoms with van der Waals surface area (Å²) in [6, 6.07) is 8.37. The van der Waals surface area contributed by atoms with Gasteiger partial charge in [-0.1, -0.05) is 33.2 Å². The van der Waals surface area contributed by atoms with E-state index in [1.54, 1.807) is 0 Å². The molecule has 6 heteroatoms. The molecule has 5 nitrogen and oxygen atoms in total. The van der Waals surface area contributed by atoms with Crippen molar-refractivity contribution in [1.29, 1.82) is 0 Å². The van der Waals surface area contributed by atoms with Crippen molar-refractivity contribution >= 4 is 15.9 Å². The lowest BCUT2D eigenvalue weighted by Gasteiger charge is -2.11. The fraction of sp³-hybridized carbons (Fsp3) is 0.429. The molecule has 2 atom stereocenters. The highest BCUT2D eigenvalue weighted by Gasteiger charge is 2.32. The lowest BCUT2D eigenvalue weighted by atomic mass is 10.0. The summed E-state index contributed by atoms with van der Waals surface area (Å²) in [7, 11) is 1.92. The first-order chi connectivity index (χ1) is 9.76. The molecule has 3 rings (SSSR count). The lowest BCUT2D eigenvalue weighted by Crippen LogP contribution is -2.31. The second-order valence-electron chi connectivity index (χ2n) is 4.89. The fourth-order valence-electron chi connectivity index (χ4n) is 2.36. The van der Waals surface area contributed by atoms with Crippen LogP contribution in [0.4, 0.5) is 0 Å². The van der Waals surface area contributed by atoms with E-state index in [0.717, 1.165) is 10.0 Å². The second-order valence-corrected chi connectivity index (χ2v) is 5.81. The van der Waals surface area contributed by atoms with Crippen LogP contribution in [0.2, 0.25) is 0 Å². The Morgan fingerprint density at radius 1 is 1.30 bits per heavy atom.